The van der Waals surface area contributed by atoms with Crippen molar-refractivity contribution < 1.29 is 27.4 Å². The number of hydrogen-bond acceptors (Lipinski definition) is 6. The molecule has 0 saturated carbocycles. The molecular weight excluding hydrogens is 455 g/mol. The molecule has 0 aliphatic heterocycles. The number of aromatic nitrogens is 1. The lowest BCUT2D eigenvalue weighted by Crippen LogP contribution is -2.39. The number of carbonyl (C=O) groups excluding carboxylic acids is 1. The molecule has 1 amide bonds. The summed E-state index contributed by atoms with van der Waals surface area (Å²) in [6.45, 7) is 0.667. The lowest BCUT2D eigenvalue weighted by atomic mass is 10.3. The molecule has 0 atom stereocenters. The topological polar surface area (TPSA) is 54.9 Å². The zero-order valence-corrected chi connectivity index (χ0v) is 18.2. The smallest absolute Gasteiger partial charge is 0.484 e. The van der Waals surface area contributed by atoms with E-state index in [1.165, 1.54) is 23.1 Å². The average Bonchev–Trinajstić information content (AvgIpc) is 3.09. The normalized spacial score (nSPS) is 11.7. The molecule has 3 rings (SSSR count). The molecule has 0 N–H and O–H groups in total. The van der Waals surface area contributed by atoms with Gasteiger partial charge in [0, 0.05) is 24.2 Å². The number of anilines is 1. The first-order chi connectivity index (χ1) is 14.6. The van der Waals surface area contributed by atoms with Crippen LogP contribution in [0.25, 0.3) is 10.2 Å². The van der Waals surface area contributed by atoms with Crippen molar-refractivity contribution in [3.05, 3.63) is 47.5 Å². The van der Waals surface area contributed by atoms with E-state index in [0.29, 0.717) is 39.2 Å². The molecule has 0 bridgehead atoms. The van der Waals surface area contributed by atoms with Crippen molar-refractivity contribution in [1.29, 1.82) is 0 Å². The van der Waals surface area contributed by atoms with Crippen molar-refractivity contribution >= 4 is 44.2 Å². The first-order valence-electron chi connectivity index (χ1n) is 9.10. The summed E-state index contributed by atoms with van der Waals surface area (Å²) in [5, 5.41) is 0.917. The predicted octanol–water partition coefficient (Wildman–Crippen LogP) is 4.82. The Kier molecular flexibility index (Phi) is 7.24. The molecule has 11 heteroatoms. The fourth-order valence-electron chi connectivity index (χ4n) is 2.59. The molecule has 0 unspecified atom stereocenters. The molecule has 0 saturated heterocycles. The molecule has 1 heterocycles. The van der Waals surface area contributed by atoms with Gasteiger partial charge in [-0.25, -0.2) is 4.98 Å². The van der Waals surface area contributed by atoms with E-state index in [2.05, 4.69) is 9.72 Å². The Labute approximate surface area is 185 Å². The van der Waals surface area contributed by atoms with E-state index in [0.717, 1.165) is 11.3 Å². The zero-order chi connectivity index (χ0) is 22.6. The summed E-state index contributed by atoms with van der Waals surface area (Å²) >= 11 is 6.95. The van der Waals surface area contributed by atoms with Gasteiger partial charge in [-0.15, -0.1) is 13.2 Å². The maximum absolute atomic E-state index is 12.9. The van der Waals surface area contributed by atoms with Crippen molar-refractivity contribution in [3.8, 4) is 11.5 Å². The monoisotopic (exact) mass is 473 g/mol. The Morgan fingerprint density at radius 1 is 1.10 bits per heavy atom. The van der Waals surface area contributed by atoms with Crippen LogP contribution in [0.4, 0.5) is 18.3 Å². The Morgan fingerprint density at radius 2 is 1.77 bits per heavy atom. The van der Waals surface area contributed by atoms with E-state index in [9.17, 15) is 18.0 Å². The first kappa shape index (κ1) is 23.1. The number of rotatable bonds is 8. The van der Waals surface area contributed by atoms with Crippen molar-refractivity contribution in [1.82, 2.24) is 9.88 Å². The largest absolute Gasteiger partial charge is 0.573 e. The number of thiazole rings is 1. The van der Waals surface area contributed by atoms with Crippen LogP contribution < -0.4 is 14.4 Å². The number of ether oxygens (including phenoxy) is 2. The number of fused-ring (bicyclic) bond motifs is 1. The summed E-state index contributed by atoms with van der Waals surface area (Å²) in [7, 11) is 3.73. The van der Waals surface area contributed by atoms with Crippen molar-refractivity contribution in [3.63, 3.8) is 0 Å². The third-order valence-electron chi connectivity index (χ3n) is 4.06. The first-order valence-corrected chi connectivity index (χ1v) is 10.3. The lowest BCUT2D eigenvalue weighted by molar-refractivity contribution is -0.274. The Morgan fingerprint density at radius 3 is 2.42 bits per heavy atom. The number of benzene rings is 2. The van der Waals surface area contributed by atoms with E-state index in [1.54, 1.807) is 24.3 Å². The molecule has 31 heavy (non-hydrogen) atoms. The van der Waals surface area contributed by atoms with E-state index in [4.69, 9.17) is 16.3 Å². The van der Waals surface area contributed by atoms with Crippen molar-refractivity contribution in [2.45, 2.75) is 6.36 Å². The van der Waals surface area contributed by atoms with Gasteiger partial charge in [0.25, 0.3) is 5.91 Å². The van der Waals surface area contributed by atoms with Gasteiger partial charge < -0.3 is 14.4 Å². The predicted molar refractivity (Wildman–Crippen MR) is 114 cm³/mol. The molecule has 2 aromatic carbocycles. The van der Waals surface area contributed by atoms with E-state index < -0.39 is 6.36 Å². The van der Waals surface area contributed by atoms with Gasteiger partial charge in [-0.1, -0.05) is 22.9 Å². The minimum absolute atomic E-state index is 0.229. The van der Waals surface area contributed by atoms with Crippen LogP contribution >= 0.6 is 22.9 Å². The fourth-order valence-corrected chi connectivity index (χ4v) is 3.75. The molecule has 0 spiro atoms. The van der Waals surface area contributed by atoms with E-state index >= 15 is 0 Å². The maximum Gasteiger partial charge on any atom is 0.573 e. The van der Waals surface area contributed by atoms with Crippen LogP contribution in [0.1, 0.15) is 0 Å². The number of halogens is 4. The second-order valence-corrected chi connectivity index (χ2v) is 8.21. The minimum atomic E-state index is -4.78. The summed E-state index contributed by atoms with van der Waals surface area (Å²) in [6.07, 6.45) is -4.78. The van der Waals surface area contributed by atoms with Gasteiger partial charge in [0.05, 0.1) is 10.2 Å². The second kappa shape index (κ2) is 9.71. The lowest BCUT2D eigenvalue weighted by Gasteiger charge is -2.22. The van der Waals surface area contributed by atoms with Gasteiger partial charge >= 0.3 is 6.36 Å². The summed E-state index contributed by atoms with van der Waals surface area (Å²) in [4.78, 5) is 20.7. The van der Waals surface area contributed by atoms with Crippen LogP contribution in [0.5, 0.6) is 11.5 Å². The van der Waals surface area contributed by atoms with Gasteiger partial charge in [0.1, 0.15) is 11.5 Å². The summed E-state index contributed by atoms with van der Waals surface area (Å²) in [6, 6.07) is 10.5. The molecule has 166 valence electrons. The molecule has 0 radical (unpaired) electrons. The van der Waals surface area contributed by atoms with Crippen LogP contribution in [-0.2, 0) is 4.79 Å². The van der Waals surface area contributed by atoms with Crippen molar-refractivity contribution in [2.75, 3.05) is 38.7 Å². The molecule has 0 aliphatic rings. The quantitative estimate of drug-likeness (QED) is 0.469. The van der Waals surface area contributed by atoms with Crippen molar-refractivity contribution in [2.24, 2.45) is 0 Å². The van der Waals surface area contributed by atoms with Crippen LogP contribution in [0.2, 0.25) is 5.02 Å². The van der Waals surface area contributed by atoms with Crippen LogP contribution in [0, 0.1) is 0 Å². The van der Waals surface area contributed by atoms with E-state index in [1.807, 2.05) is 19.0 Å². The Hall–Kier alpha value is -2.56. The van der Waals surface area contributed by atoms with Gasteiger partial charge in [-0.05, 0) is 50.5 Å². The number of hydrogen-bond donors (Lipinski definition) is 0. The maximum atomic E-state index is 12.9. The van der Waals surface area contributed by atoms with Gasteiger partial charge in [0.2, 0.25) is 0 Å². The van der Waals surface area contributed by atoms with Gasteiger partial charge in [-0.3, -0.25) is 9.69 Å². The highest BCUT2D eigenvalue weighted by Gasteiger charge is 2.31. The molecule has 6 nitrogen and oxygen atoms in total. The zero-order valence-electron chi connectivity index (χ0n) is 16.6. The van der Waals surface area contributed by atoms with Gasteiger partial charge in [0.15, 0.2) is 11.7 Å². The summed E-state index contributed by atoms with van der Waals surface area (Å²) in [5.74, 6) is -0.182. The molecule has 0 fully saturated rings. The third kappa shape index (κ3) is 6.71. The average molecular weight is 474 g/mol. The van der Waals surface area contributed by atoms with Crippen LogP contribution in [-0.4, -0.2) is 55.9 Å². The minimum Gasteiger partial charge on any atom is -0.484 e. The van der Waals surface area contributed by atoms with E-state index in [-0.39, 0.29) is 18.3 Å². The number of nitrogens with zero attached hydrogens (tertiary/aromatic N) is 3. The summed E-state index contributed by atoms with van der Waals surface area (Å²) in [5.41, 5.74) is 0.468. The molecule has 1 aromatic heterocycles. The highest BCUT2D eigenvalue weighted by molar-refractivity contribution is 7.22. The molecule has 3 aromatic rings. The molecular formula is C20H19ClF3N3O3S. The molecule has 0 aliphatic carbocycles. The standard InChI is InChI=1S/C20H19ClF3N3O3S/c1-26(2)9-10-27(18(28)12-29-14-5-3-13(21)4-6-14)19-25-16-8-7-15(11-17(16)31-19)30-20(22,23)24/h3-8,11H,9-10,12H2,1-2H3. The highest BCUT2D eigenvalue weighted by atomic mass is 35.5. The Bertz CT molecular complexity index is 1040. The van der Waals surface area contributed by atoms with Crippen LogP contribution in [0.15, 0.2) is 42.5 Å². The summed E-state index contributed by atoms with van der Waals surface area (Å²) < 4.78 is 47.5. The van der Waals surface area contributed by atoms with Crippen LogP contribution in [0.3, 0.4) is 0 Å². The number of amides is 1. The number of carbonyl (C=O) groups is 1. The second-order valence-electron chi connectivity index (χ2n) is 6.77. The highest BCUT2D eigenvalue weighted by Crippen LogP contribution is 2.33. The number of likely N-dealkylation sites (N-methyl/N-ethyl adjacent to an activating group) is 1. The Balaban J connectivity index is 1.80. The SMILES string of the molecule is CN(C)CCN(C(=O)COc1ccc(Cl)cc1)c1nc2ccc(OC(F)(F)F)cc2s1. The number of alkyl halides is 3. The third-order valence-corrected chi connectivity index (χ3v) is 5.35. The van der Waals surface area contributed by atoms with Gasteiger partial charge in [-0.2, -0.15) is 0 Å². The fraction of sp³-hybridized carbons (Fsp3) is 0.300.